The Bertz CT molecular complexity index is 965. The van der Waals surface area contributed by atoms with Gasteiger partial charge in [-0.3, -0.25) is 4.79 Å². The SMILES string of the molecule is Cc1cc(Cl)ccc1-c1c(C(=O)NC2CC2)nn2cc(F)cnc12. The number of amides is 1. The zero-order chi connectivity index (χ0) is 16.8. The van der Waals surface area contributed by atoms with E-state index >= 15 is 0 Å². The van der Waals surface area contributed by atoms with Gasteiger partial charge in [0.25, 0.3) is 5.91 Å². The number of carbonyl (C=O) groups is 1. The van der Waals surface area contributed by atoms with Crippen LogP contribution in [0.2, 0.25) is 5.02 Å². The number of hydrogen-bond donors (Lipinski definition) is 1. The van der Waals surface area contributed by atoms with Crippen LogP contribution >= 0.6 is 11.6 Å². The maximum absolute atomic E-state index is 13.5. The van der Waals surface area contributed by atoms with Crippen LogP contribution in [0.3, 0.4) is 0 Å². The number of aryl methyl sites for hydroxylation is 1. The van der Waals surface area contributed by atoms with Crippen LogP contribution in [0.15, 0.2) is 30.6 Å². The molecule has 0 aliphatic heterocycles. The van der Waals surface area contributed by atoms with Gasteiger partial charge < -0.3 is 5.32 Å². The van der Waals surface area contributed by atoms with E-state index in [2.05, 4.69) is 15.4 Å². The topological polar surface area (TPSA) is 59.3 Å². The summed E-state index contributed by atoms with van der Waals surface area (Å²) in [6, 6.07) is 5.59. The Morgan fingerprint density at radius 1 is 1.42 bits per heavy atom. The second-order valence-corrected chi connectivity index (χ2v) is 6.41. The Morgan fingerprint density at radius 3 is 2.92 bits per heavy atom. The normalized spacial score (nSPS) is 14.1. The van der Waals surface area contributed by atoms with E-state index in [9.17, 15) is 9.18 Å². The molecule has 1 N–H and O–H groups in total. The number of rotatable bonds is 3. The lowest BCUT2D eigenvalue weighted by molar-refractivity contribution is 0.0946. The van der Waals surface area contributed by atoms with Gasteiger partial charge in [-0.2, -0.15) is 5.10 Å². The Labute approximate surface area is 142 Å². The lowest BCUT2D eigenvalue weighted by atomic mass is 10.00. The van der Waals surface area contributed by atoms with E-state index in [0.29, 0.717) is 16.2 Å². The number of halogens is 2. The van der Waals surface area contributed by atoms with Crippen LogP contribution in [0.1, 0.15) is 28.9 Å². The number of carbonyl (C=O) groups excluding carboxylic acids is 1. The molecule has 0 saturated heterocycles. The van der Waals surface area contributed by atoms with E-state index < -0.39 is 5.82 Å². The Balaban J connectivity index is 1.94. The largest absolute Gasteiger partial charge is 0.348 e. The average Bonchev–Trinajstić information content (AvgIpc) is 3.26. The van der Waals surface area contributed by atoms with Crippen LogP contribution in [0.5, 0.6) is 0 Å². The fraction of sp³-hybridized carbons (Fsp3) is 0.235. The fourth-order valence-corrected chi connectivity index (χ4v) is 2.93. The predicted octanol–water partition coefficient (Wildman–Crippen LogP) is 3.39. The highest BCUT2D eigenvalue weighted by Gasteiger charge is 2.28. The summed E-state index contributed by atoms with van der Waals surface area (Å²) in [5.74, 6) is -0.786. The first kappa shape index (κ1) is 15.1. The highest BCUT2D eigenvalue weighted by atomic mass is 35.5. The molecule has 4 rings (SSSR count). The number of hydrogen-bond acceptors (Lipinski definition) is 3. The molecule has 0 spiro atoms. The molecule has 5 nitrogen and oxygen atoms in total. The van der Waals surface area contributed by atoms with Crippen molar-refractivity contribution in [1.82, 2.24) is 19.9 Å². The van der Waals surface area contributed by atoms with Gasteiger partial charge in [-0.05, 0) is 43.0 Å². The van der Waals surface area contributed by atoms with Crippen molar-refractivity contribution >= 4 is 23.2 Å². The molecular formula is C17H14ClFN4O. The molecule has 1 amide bonds. The van der Waals surface area contributed by atoms with Crippen molar-refractivity contribution in [3.63, 3.8) is 0 Å². The van der Waals surface area contributed by atoms with Crippen molar-refractivity contribution in [2.75, 3.05) is 0 Å². The minimum atomic E-state index is -0.515. The van der Waals surface area contributed by atoms with E-state index in [0.717, 1.165) is 30.2 Å². The van der Waals surface area contributed by atoms with Gasteiger partial charge >= 0.3 is 0 Å². The quantitative estimate of drug-likeness (QED) is 0.792. The lowest BCUT2D eigenvalue weighted by Gasteiger charge is -2.07. The van der Waals surface area contributed by atoms with Gasteiger partial charge in [-0.1, -0.05) is 17.7 Å². The highest BCUT2D eigenvalue weighted by Crippen LogP contribution is 2.32. The summed E-state index contributed by atoms with van der Waals surface area (Å²) in [6.07, 6.45) is 4.28. The number of nitrogens with zero attached hydrogens (tertiary/aromatic N) is 3. The Morgan fingerprint density at radius 2 is 2.21 bits per heavy atom. The summed E-state index contributed by atoms with van der Waals surface area (Å²) in [7, 11) is 0. The molecule has 7 heteroatoms. The second-order valence-electron chi connectivity index (χ2n) is 5.97. The lowest BCUT2D eigenvalue weighted by Crippen LogP contribution is -2.26. The zero-order valence-corrected chi connectivity index (χ0v) is 13.6. The maximum atomic E-state index is 13.5. The monoisotopic (exact) mass is 344 g/mol. The van der Waals surface area contributed by atoms with Gasteiger partial charge in [0.05, 0.1) is 18.0 Å². The molecule has 24 heavy (non-hydrogen) atoms. The molecular weight excluding hydrogens is 331 g/mol. The van der Waals surface area contributed by atoms with E-state index in [4.69, 9.17) is 11.6 Å². The van der Waals surface area contributed by atoms with Gasteiger partial charge in [0.2, 0.25) is 0 Å². The van der Waals surface area contributed by atoms with Crippen molar-refractivity contribution in [3.8, 4) is 11.1 Å². The van der Waals surface area contributed by atoms with E-state index in [1.54, 1.807) is 6.07 Å². The highest BCUT2D eigenvalue weighted by molar-refractivity contribution is 6.30. The van der Waals surface area contributed by atoms with Crippen LogP contribution in [0, 0.1) is 12.7 Å². The number of benzene rings is 1. The summed E-state index contributed by atoms with van der Waals surface area (Å²) in [6.45, 7) is 1.90. The molecule has 2 heterocycles. The molecule has 0 atom stereocenters. The molecule has 122 valence electrons. The minimum Gasteiger partial charge on any atom is -0.348 e. The van der Waals surface area contributed by atoms with Crippen LogP contribution in [-0.2, 0) is 0 Å². The summed E-state index contributed by atoms with van der Waals surface area (Å²) in [4.78, 5) is 16.7. The average molecular weight is 345 g/mol. The molecule has 1 aliphatic rings. The molecule has 1 aromatic carbocycles. The number of nitrogens with one attached hydrogen (secondary N) is 1. The molecule has 1 saturated carbocycles. The third-order valence-corrected chi connectivity index (χ3v) is 4.26. The van der Waals surface area contributed by atoms with Crippen LogP contribution < -0.4 is 5.32 Å². The Hall–Kier alpha value is -2.47. The molecule has 2 aromatic heterocycles. The summed E-state index contributed by atoms with van der Waals surface area (Å²) >= 11 is 6.03. The molecule has 0 radical (unpaired) electrons. The van der Waals surface area contributed by atoms with E-state index in [1.807, 2.05) is 19.1 Å². The Kier molecular flexibility index (Phi) is 3.49. The smallest absolute Gasteiger partial charge is 0.272 e. The minimum absolute atomic E-state index is 0.200. The molecule has 0 bridgehead atoms. The molecule has 3 aromatic rings. The molecule has 0 unspecified atom stereocenters. The third kappa shape index (κ3) is 2.63. The molecule has 1 aliphatic carbocycles. The van der Waals surface area contributed by atoms with Gasteiger partial charge in [-0.15, -0.1) is 0 Å². The van der Waals surface area contributed by atoms with Crippen molar-refractivity contribution in [3.05, 3.63) is 52.7 Å². The van der Waals surface area contributed by atoms with Crippen molar-refractivity contribution < 1.29 is 9.18 Å². The van der Waals surface area contributed by atoms with Gasteiger partial charge in [0.1, 0.15) is 0 Å². The fourth-order valence-electron chi connectivity index (χ4n) is 2.71. The van der Waals surface area contributed by atoms with Crippen molar-refractivity contribution in [2.45, 2.75) is 25.8 Å². The summed E-state index contributed by atoms with van der Waals surface area (Å²) < 4.78 is 14.8. The second kappa shape index (κ2) is 5.56. The van der Waals surface area contributed by atoms with Crippen LogP contribution in [0.25, 0.3) is 16.8 Å². The maximum Gasteiger partial charge on any atom is 0.272 e. The van der Waals surface area contributed by atoms with Gasteiger partial charge in [0, 0.05) is 11.1 Å². The van der Waals surface area contributed by atoms with E-state index in [1.165, 1.54) is 10.7 Å². The number of fused-ring (bicyclic) bond motifs is 1. The summed E-state index contributed by atoms with van der Waals surface area (Å²) in [5, 5.41) is 7.79. The van der Waals surface area contributed by atoms with Gasteiger partial charge in [-0.25, -0.2) is 13.9 Å². The van der Waals surface area contributed by atoms with Crippen molar-refractivity contribution in [2.24, 2.45) is 0 Å². The first-order chi connectivity index (χ1) is 11.5. The standard InChI is InChI=1S/C17H14ClFN4O/c1-9-6-10(18)2-5-13(9)14-15(17(24)21-12-3-4-12)22-23-8-11(19)7-20-16(14)23/h2,5-8,12H,3-4H2,1H3,(H,21,24). The zero-order valence-electron chi connectivity index (χ0n) is 12.9. The molecule has 1 fully saturated rings. The van der Waals surface area contributed by atoms with Crippen LogP contribution in [0.4, 0.5) is 4.39 Å². The van der Waals surface area contributed by atoms with Crippen LogP contribution in [-0.4, -0.2) is 26.5 Å². The van der Waals surface area contributed by atoms with Crippen molar-refractivity contribution in [1.29, 1.82) is 0 Å². The number of aromatic nitrogens is 3. The summed E-state index contributed by atoms with van der Waals surface area (Å²) in [5.41, 5.74) is 2.95. The predicted molar refractivity (Wildman–Crippen MR) is 88.6 cm³/mol. The van der Waals surface area contributed by atoms with E-state index in [-0.39, 0.29) is 17.6 Å². The van der Waals surface area contributed by atoms with Gasteiger partial charge in [0.15, 0.2) is 17.2 Å². The first-order valence-electron chi connectivity index (χ1n) is 7.64. The third-order valence-electron chi connectivity index (χ3n) is 4.03. The first-order valence-corrected chi connectivity index (χ1v) is 8.02.